The van der Waals surface area contributed by atoms with E-state index in [1.807, 2.05) is 0 Å². The average Bonchev–Trinajstić information content (AvgIpc) is 2.15. The van der Waals surface area contributed by atoms with Crippen LogP contribution in [0.3, 0.4) is 0 Å². The Morgan fingerprint density at radius 1 is 1.56 bits per heavy atom. The largest absolute Gasteiger partial charge is 0.444 e. The van der Waals surface area contributed by atoms with Crippen LogP contribution in [-0.4, -0.2) is 41.8 Å². The molecule has 90 valence electrons. The summed E-state index contributed by atoms with van der Waals surface area (Å²) in [7, 11) is 0. The third kappa shape index (κ3) is 3.35. The van der Waals surface area contributed by atoms with Crippen molar-refractivity contribution in [3.63, 3.8) is 0 Å². The predicted molar refractivity (Wildman–Crippen MR) is 56.5 cm³/mol. The maximum atomic E-state index is 13.3. The topological polar surface area (TPSA) is 46.6 Å². The molecule has 1 fully saturated rings. The van der Waals surface area contributed by atoms with Crippen LogP contribution >= 0.6 is 0 Å². The molecule has 0 radical (unpaired) electrons. The van der Waals surface area contributed by atoms with Gasteiger partial charge in [0.05, 0.1) is 12.1 Å². The summed E-state index contributed by atoms with van der Waals surface area (Å²) in [5.41, 5.74) is -0.497. The molecular formula is C11H16FNO3. The summed E-state index contributed by atoms with van der Waals surface area (Å²) >= 11 is 0. The van der Waals surface area contributed by atoms with Gasteiger partial charge in [0.2, 0.25) is 0 Å². The van der Waals surface area contributed by atoms with Gasteiger partial charge in [0, 0.05) is 6.54 Å². The van der Waals surface area contributed by atoms with Crippen molar-refractivity contribution in [2.24, 2.45) is 0 Å². The highest BCUT2D eigenvalue weighted by molar-refractivity contribution is 5.69. The first-order chi connectivity index (χ1) is 7.33. The van der Waals surface area contributed by atoms with Gasteiger partial charge in [0.1, 0.15) is 17.7 Å². The molecule has 16 heavy (non-hydrogen) atoms. The Morgan fingerprint density at radius 2 is 2.19 bits per heavy atom. The van der Waals surface area contributed by atoms with Gasteiger partial charge < -0.3 is 9.64 Å². The second-order valence-corrected chi connectivity index (χ2v) is 4.77. The van der Waals surface area contributed by atoms with E-state index in [1.54, 1.807) is 26.7 Å². The summed E-state index contributed by atoms with van der Waals surface area (Å²) in [5, 5.41) is 0. The molecule has 1 aliphatic rings. The number of alkyl halides is 1. The van der Waals surface area contributed by atoms with Crippen LogP contribution in [0, 0.1) is 0 Å². The van der Waals surface area contributed by atoms with E-state index in [1.165, 1.54) is 4.90 Å². The molecule has 0 N–H and O–H groups in total. The van der Waals surface area contributed by atoms with Crippen molar-refractivity contribution in [1.82, 2.24) is 4.90 Å². The maximum absolute atomic E-state index is 13.3. The molecule has 1 rings (SSSR count). The summed E-state index contributed by atoms with van der Waals surface area (Å²) in [4.78, 5) is 23.2. The molecule has 1 saturated heterocycles. The number of likely N-dealkylation sites (tertiary alicyclic amines) is 1. The number of amides is 1. The second-order valence-electron chi connectivity index (χ2n) is 4.77. The zero-order chi connectivity index (χ0) is 12.3. The molecule has 1 heterocycles. The predicted octanol–water partition coefficient (Wildman–Crippen LogP) is 1.72. The first kappa shape index (κ1) is 12.7. The number of rotatable bonds is 0. The van der Waals surface area contributed by atoms with Crippen LogP contribution < -0.4 is 0 Å². The number of halogens is 1. The number of carbonyl (C=O) groups is 1. The smallest absolute Gasteiger partial charge is 0.410 e. The van der Waals surface area contributed by atoms with Crippen molar-refractivity contribution in [3.05, 3.63) is 5.57 Å². The van der Waals surface area contributed by atoms with Crippen LogP contribution in [0.25, 0.3) is 0 Å². The van der Waals surface area contributed by atoms with Crippen molar-refractivity contribution in [2.75, 3.05) is 13.1 Å². The van der Waals surface area contributed by atoms with Crippen LogP contribution in [0.4, 0.5) is 9.18 Å². The third-order valence-electron chi connectivity index (χ3n) is 2.19. The van der Waals surface area contributed by atoms with Gasteiger partial charge in [0.25, 0.3) is 0 Å². The molecule has 0 spiro atoms. The summed E-state index contributed by atoms with van der Waals surface area (Å²) in [6.07, 6.45) is -1.73. The van der Waals surface area contributed by atoms with Crippen molar-refractivity contribution in [2.45, 2.75) is 39.0 Å². The lowest BCUT2D eigenvalue weighted by molar-refractivity contribution is 0.0186. The number of carbonyl (C=O) groups excluding carboxylic acids is 2. The summed E-state index contributed by atoms with van der Waals surface area (Å²) in [5.74, 6) is 1.57. The number of ether oxygens (including phenoxy) is 1. The number of hydrogen-bond acceptors (Lipinski definition) is 3. The lowest BCUT2D eigenvalue weighted by Gasteiger charge is -2.31. The van der Waals surface area contributed by atoms with Crippen molar-refractivity contribution >= 4 is 12.0 Å². The maximum Gasteiger partial charge on any atom is 0.410 e. The molecule has 5 heteroatoms. The van der Waals surface area contributed by atoms with Crippen LogP contribution in [0.15, 0.2) is 5.57 Å². The molecule has 4 nitrogen and oxygen atoms in total. The minimum Gasteiger partial charge on any atom is -0.444 e. The fourth-order valence-corrected chi connectivity index (χ4v) is 1.41. The van der Waals surface area contributed by atoms with Gasteiger partial charge in [-0.2, -0.15) is 0 Å². The Kier molecular flexibility index (Phi) is 3.70. The Bertz CT molecular complexity index is 329. The molecule has 0 unspecified atom stereocenters. The molecule has 1 amide bonds. The lowest BCUT2D eigenvalue weighted by atomic mass is 10.0. The molecule has 0 aliphatic carbocycles. The monoisotopic (exact) mass is 229 g/mol. The normalized spacial score (nSPS) is 21.6. The quantitative estimate of drug-likeness (QED) is 0.594. The van der Waals surface area contributed by atoms with Gasteiger partial charge in [-0.3, -0.25) is 0 Å². The van der Waals surface area contributed by atoms with Gasteiger partial charge in [-0.1, -0.05) is 0 Å². The zero-order valence-electron chi connectivity index (χ0n) is 9.75. The molecule has 0 saturated carbocycles. The second kappa shape index (κ2) is 4.66. The first-order valence-corrected chi connectivity index (χ1v) is 5.19. The Labute approximate surface area is 94.1 Å². The highest BCUT2D eigenvalue weighted by Crippen LogP contribution is 2.19. The highest BCUT2D eigenvalue weighted by Gasteiger charge is 2.30. The fourth-order valence-electron chi connectivity index (χ4n) is 1.41. The van der Waals surface area contributed by atoms with E-state index < -0.39 is 17.9 Å². The molecule has 0 aromatic carbocycles. The SMILES string of the molecule is CC(C)(C)OC(=O)N1CCC(=C=O)[C@@H](F)C1. The summed E-state index contributed by atoms with van der Waals surface area (Å²) < 4.78 is 18.4. The zero-order valence-corrected chi connectivity index (χ0v) is 9.75. The third-order valence-corrected chi connectivity index (χ3v) is 2.19. The summed E-state index contributed by atoms with van der Waals surface area (Å²) in [6, 6.07) is 0. The van der Waals surface area contributed by atoms with E-state index in [2.05, 4.69) is 0 Å². The van der Waals surface area contributed by atoms with Gasteiger partial charge in [0.15, 0.2) is 0 Å². The van der Waals surface area contributed by atoms with Crippen LogP contribution in [-0.2, 0) is 9.53 Å². The Balaban J connectivity index is 2.58. The van der Waals surface area contributed by atoms with E-state index in [0.29, 0.717) is 6.54 Å². The minimum absolute atomic E-state index is 0.0970. The Morgan fingerprint density at radius 3 is 2.62 bits per heavy atom. The lowest BCUT2D eigenvalue weighted by Crippen LogP contribution is -2.44. The van der Waals surface area contributed by atoms with E-state index in [0.717, 1.165) is 0 Å². The van der Waals surface area contributed by atoms with Crippen LogP contribution in [0.1, 0.15) is 27.2 Å². The van der Waals surface area contributed by atoms with Gasteiger partial charge >= 0.3 is 6.09 Å². The van der Waals surface area contributed by atoms with E-state index in [4.69, 9.17) is 4.74 Å². The van der Waals surface area contributed by atoms with E-state index >= 15 is 0 Å². The van der Waals surface area contributed by atoms with Gasteiger partial charge in [-0.05, 0) is 27.2 Å². The Hall–Kier alpha value is -1.35. The van der Waals surface area contributed by atoms with Crippen molar-refractivity contribution in [1.29, 1.82) is 0 Å². The first-order valence-electron chi connectivity index (χ1n) is 5.19. The fraction of sp³-hybridized carbons (Fsp3) is 0.727. The number of nitrogens with zero attached hydrogens (tertiary/aromatic N) is 1. The number of hydrogen-bond donors (Lipinski definition) is 0. The molecule has 0 bridgehead atoms. The minimum atomic E-state index is -1.42. The van der Waals surface area contributed by atoms with Crippen LogP contribution in [0.5, 0.6) is 0 Å². The van der Waals surface area contributed by atoms with E-state index in [9.17, 15) is 14.0 Å². The highest BCUT2D eigenvalue weighted by atomic mass is 19.1. The summed E-state index contributed by atoms with van der Waals surface area (Å²) in [6.45, 7) is 5.43. The molecule has 0 aromatic heterocycles. The number of piperidine rings is 1. The molecule has 1 aliphatic heterocycles. The van der Waals surface area contributed by atoms with Gasteiger partial charge in [-0.15, -0.1) is 0 Å². The standard InChI is InChI=1S/C11H16FNO3/c1-11(2,3)16-10(15)13-5-4-8(7-14)9(12)6-13/h9H,4-6H2,1-3H3/t9-/m0/s1. The molecule has 0 aromatic rings. The molecule has 1 atom stereocenters. The van der Waals surface area contributed by atoms with E-state index in [-0.39, 0.29) is 18.5 Å². The average molecular weight is 229 g/mol. The van der Waals surface area contributed by atoms with Gasteiger partial charge in [-0.25, -0.2) is 14.0 Å². The van der Waals surface area contributed by atoms with Crippen molar-refractivity contribution < 1.29 is 18.7 Å². The van der Waals surface area contributed by atoms with Crippen LogP contribution in [0.2, 0.25) is 0 Å². The van der Waals surface area contributed by atoms with Crippen molar-refractivity contribution in [3.8, 4) is 0 Å². The molecular weight excluding hydrogens is 213 g/mol.